The number of hydrogen-bond donors (Lipinski definition) is 7. The smallest absolute Gasteiger partial charge is 0.318 e. The van der Waals surface area contributed by atoms with Crippen LogP contribution in [-0.2, 0) is 9.59 Å². The number of urea groups is 1. The summed E-state index contributed by atoms with van der Waals surface area (Å²) in [5, 5.41) is 7.93. The van der Waals surface area contributed by atoms with Crippen LogP contribution in [0.2, 0.25) is 0 Å². The third kappa shape index (κ3) is 9.21. The minimum absolute atomic E-state index is 0.0272. The third-order valence-corrected chi connectivity index (χ3v) is 4.31. The highest BCUT2D eigenvalue weighted by molar-refractivity contribution is 6.07. The molecule has 2 atom stereocenters. The van der Waals surface area contributed by atoms with Gasteiger partial charge in [-0.2, -0.15) is 0 Å². The summed E-state index contributed by atoms with van der Waals surface area (Å²) in [7, 11) is 1.55. The van der Waals surface area contributed by atoms with Crippen LogP contribution in [0.5, 0.6) is 0 Å². The summed E-state index contributed by atoms with van der Waals surface area (Å²) in [5.41, 5.74) is 21.2. The van der Waals surface area contributed by atoms with Crippen molar-refractivity contribution in [3.05, 3.63) is 0 Å². The molecule has 0 fully saturated rings. The van der Waals surface area contributed by atoms with E-state index < -0.39 is 18.0 Å². The van der Waals surface area contributed by atoms with Crippen LogP contribution in [0.4, 0.5) is 4.79 Å². The van der Waals surface area contributed by atoms with E-state index in [0.717, 1.165) is 6.42 Å². The summed E-state index contributed by atoms with van der Waals surface area (Å²) in [6.45, 7) is 1.72. The second-order valence-corrected chi connectivity index (χ2v) is 6.63. The van der Waals surface area contributed by atoms with E-state index in [4.69, 9.17) is 22.9 Å². The van der Waals surface area contributed by atoms with Crippen LogP contribution < -0.4 is 38.9 Å². The molecule has 0 radical (unpaired) electrons. The van der Waals surface area contributed by atoms with Crippen LogP contribution in [-0.4, -0.2) is 80.0 Å². The molecule has 1 aliphatic heterocycles. The maximum absolute atomic E-state index is 12.7. The molecule has 0 aromatic heterocycles. The van der Waals surface area contributed by atoms with E-state index >= 15 is 0 Å². The van der Waals surface area contributed by atoms with Gasteiger partial charge in [-0.25, -0.2) is 9.79 Å². The number of rotatable bonds is 11. The molecule has 13 heteroatoms. The molecular formula is C16H32N10O3. The van der Waals surface area contributed by atoms with E-state index in [0.29, 0.717) is 32.5 Å². The highest BCUT2D eigenvalue weighted by Crippen LogP contribution is 2.09. The highest BCUT2D eigenvalue weighted by Gasteiger charge is 2.31. The quantitative estimate of drug-likeness (QED) is 0.104. The summed E-state index contributed by atoms with van der Waals surface area (Å²) in [6, 6.07) is -1.71. The number of nitrogens with zero attached hydrogens (tertiary/aromatic N) is 3. The summed E-state index contributed by atoms with van der Waals surface area (Å²) in [6.07, 6.45) is 2.36. The van der Waals surface area contributed by atoms with Crippen LogP contribution >= 0.6 is 0 Å². The Balaban J connectivity index is 2.64. The summed E-state index contributed by atoms with van der Waals surface area (Å²) < 4.78 is 0. The Labute approximate surface area is 169 Å². The van der Waals surface area contributed by atoms with Gasteiger partial charge in [0.05, 0.1) is 6.54 Å². The van der Waals surface area contributed by atoms with E-state index in [1.54, 1.807) is 7.05 Å². The van der Waals surface area contributed by atoms with Gasteiger partial charge in [0.15, 0.2) is 5.96 Å². The molecule has 0 saturated heterocycles. The zero-order chi connectivity index (χ0) is 21.8. The number of hydrogen-bond acceptors (Lipinski definition) is 7. The Kier molecular flexibility index (Phi) is 10.4. The predicted octanol–water partition coefficient (Wildman–Crippen LogP) is -3.28. The second kappa shape index (κ2) is 12.5. The van der Waals surface area contributed by atoms with Crippen molar-refractivity contribution in [2.24, 2.45) is 32.9 Å². The van der Waals surface area contributed by atoms with Gasteiger partial charge in [0.25, 0.3) is 5.91 Å². The topological polar surface area (TPSA) is 219 Å². The van der Waals surface area contributed by atoms with Crippen LogP contribution in [0.25, 0.3) is 0 Å². The number of nitrogens with two attached hydrogens (primary N) is 4. The van der Waals surface area contributed by atoms with Crippen LogP contribution in [0.3, 0.4) is 0 Å². The molecular weight excluding hydrogens is 380 g/mol. The zero-order valence-corrected chi connectivity index (χ0v) is 16.7. The minimum atomic E-state index is -0.834. The number of likely N-dealkylation sites (N-methyl/N-ethyl adjacent to an activating group) is 1. The van der Waals surface area contributed by atoms with Gasteiger partial charge in [0.2, 0.25) is 11.9 Å². The Hall–Kier alpha value is -2.93. The van der Waals surface area contributed by atoms with Gasteiger partial charge in [0, 0.05) is 26.1 Å². The predicted molar refractivity (Wildman–Crippen MR) is 110 cm³/mol. The van der Waals surface area contributed by atoms with Crippen LogP contribution in [0.1, 0.15) is 25.7 Å². The van der Waals surface area contributed by atoms with Crippen molar-refractivity contribution in [2.45, 2.75) is 37.8 Å². The summed E-state index contributed by atoms with van der Waals surface area (Å²) >= 11 is 0. The second-order valence-electron chi connectivity index (χ2n) is 6.63. The van der Waals surface area contributed by atoms with Crippen LogP contribution in [0.15, 0.2) is 9.98 Å². The maximum Gasteiger partial charge on any atom is 0.318 e. The number of carbonyl (C=O) groups excluding carboxylic acids is 3. The molecule has 11 N–H and O–H groups in total. The fraction of sp³-hybridized carbons (Fsp3) is 0.688. The number of aliphatic imine (C=N–C) groups is 2. The average Bonchev–Trinajstić information content (AvgIpc) is 2.64. The zero-order valence-electron chi connectivity index (χ0n) is 16.7. The van der Waals surface area contributed by atoms with E-state index in [9.17, 15) is 14.4 Å². The molecule has 4 amide bonds. The molecule has 0 aliphatic carbocycles. The lowest BCUT2D eigenvalue weighted by molar-refractivity contribution is -0.138. The average molecular weight is 412 g/mol. The molecule has 1 aliphatic rings. The van der Waals surface area contributed by atoms with E-state index in [1.165, 1.54) is 4.90 Å². The summed E-state index contributed by atoms with van der Waals surface area (Å²) in [4.78, 5) is 45.1. The first-order valence-corrected chi connectivity index (χ1v) is 9.40. The van der Waals surface area contributed by atoms with Crippen molar-refractivity contribution in [1.82, 2.24) is 20.9 Å². The van der Waals surface area contributed by atoms with Crippen molar-refractivity contribution < 1.29 is 14.4 Å². The van der Waals surface area contributed by atoms with Gasteiger partial charge >= 0.3 is 6.03 Å². The number of carbonyl (C=O) groups is 3. The number of amides is 4. The molecule has 1 heterocycles. The normalized spacial score (nSPS) is 17.0. The van der Waals surface area contributed by atoms with E-state index in [-0.39, 0.29) is 36.8 Å². The Bertz CT molecular complexity index is 632. The lowest BCUT2D eigenvalue weighted by Crippen LogP contribution is -2.58. The standard InChI is InChI=1S/C16H32N10O3/c1-26(11-9-23-16(24-13(11)28)25-15(20)29)12(27)8-10(21-7-3-5-17)4-2-6-22-14(18)19/h10-11,21H,2-9,17H2,1H3,(H4,18,19,22)(H4,20,23,24,25,28,29). The molecule has 13 nitrogen and oxygen atoms in total. The molecule has 29 heavy (non-hydrogen) atoms. The van der Waals surface area contributed by atoms with Gasteiger partial charge in [-0.3, -0.25) is 25.2 Å². The first-order chi connectivity index (χ1) is 13.7. The fourth-order valence-corrected chi connectivity index (χ4v) is 2.75. The van der Waals surface area contributed by atoms with Crippen molar-refractivity contribution in [2.75, 3.05) is 33.2 Å². The summed E-state index contributed by atoms with van der Waals surface area (Å²) in [5.74, 6) is -0.651. The van der Waals surface area contributed by atoms with Crippen LogP contribution in [0, 0.1) is 0 Å². The van der Waals surface area contributed by atoms with Gasteiger partial charge in [-0.1, -0.05) is 0 Å². The van der Waals surface area contributed by atoms with Crippen molar-refractivity contribution in [1.29, 1.82) is 0 Å². The molecule has 2 unspecified atom stereocenters. The molecule has 1 rings (SSSR count). The highest BCUT2D eigenvalue weighted by atomic mass is 16.2. The molecule has 164 valence electrons. The molecule has 0 spiro atoms. The first kappa shape index (κ1) is 24.1. The Morgan fingerprint density at radius 3 is 2.66 bits per heavy atom. The molecule has 0 saturated carbocycles. The third-order valence-electron chi connectivity index (χ3n) is 4.31. The molecule has 0 bridgehead atoms. The van der Waals surface area contributed by atoms with Crippen molar-refractivity contribution >= 4 is 29.8 Å². The lowest BCUT2D eigenvalue weighted by atomic mass is 10.1. The molecule has 0 aromatic carbocycles. The first-order valence-electron chi connectivity index (χ1n) is 9.40. The van der Waals surface area contributed by atoms with E-state index in [2.05, 4.69) is 25.9 Å². The van der Waals surface area contributed by atoms with Crippen molar-refractivity contribution in [3.8, 4) is 0 Å². The Morgan fingerprint density at radius 1 is 1.34 bits per heavy atom. The maximum atomic E-state index is 12.7. The number of primary amides is 1. The monoisotopic (exact) mass is 412 g/mol. The SMILES string of the molecule is CN(C(=O)CC(CCCN=C(N)N)NCCCN)C1CN=C(NC(N)=O)NC1=O. The Morgan fingerprint density at radius 2 is 2.07 bits per heavy atom. The number of guanidine groups is 2. The largest absolute Gasteiger partial charge is 0.370 e. The van der Waals surface area contributed by atoms with Gasteiger partial charge < -0.3 is 33.2 Å². The lowest BCUT2D eigenvalue weighted by Gasteiger charge is -2.30. The molecule has 0 aromatic rings. The van der Waals surface area contributed by atoms with E-state index in [1.807, 2.05) is 0 Å². The van der Waals surface area contributed by atoms with Gasteiger partial charge in [0.1, 0.15) is 6.04 Å². The van der Waals surface area contributed by atoms with Crippen molar-refractivity contribution in [3.63, 3.8) is 0 Å². The minimum Gasteiger partial charge on any atom is -0.370 e. The van der Waals surface area contributed by atoms with Gasteiger partial charge in [-0.05, 0) is 32.4 Å². The number of nitrogens with one attached hydrogen (secondary N) is 3. The fourth-order valence-electron chi connectivity index (χ4n) is 2.75. The van der Waals surface area contributed by atoms with Gasteiger partial charge in [-0.15, -0.1) is 0 Å².